The second-order valence-electron chi connectivity index (χ2n) is 2.76. The first-order valence-electron chi connectivity index (χ1n) is 4.17. The molecule has 0 bridgehead atoms. The average Bonchev–Trinajstić information content (AvgIpc) is 2.68. The molecule has 3 N–H and O–H groups in total. The molecule has 0 atom stereocenters. The summed E-state index contributed by atoms with van der Waals surface area (Å²) in [5, 5.41) is 10.6. The maximum absolute atomic E-state index is 11.6. The Bertz CT molecular complexity index is 511. The van der Waals surface area contributed by atoms with E-state index in [1.165, 1.54) is 6.20 Å². The van der Waals surface area contributed by atoms with Crippen LogP contribution >= 0.6 is 22.9 Å². The molecular formula is C8H6ClN5OS. The molecule has 8 heteroatoms. The van der Waals surface area contributed by atoms with Crippen molar-refractivity contribution in [1.82, 2.24) is 15.2 Å². The first-order chi connectivity index (χ1) is 7.65. The van der Waals surface area contributed by atoms with Gasteiger partial charge < -0.3 is 11.1 Å². The summed E-state index contributed by atoms with van der Waals surface area (Å²) >= 11 is 6.66. The molecule has 1 amide bonds. The van der Waals surface area contributed by atoms with Crippen molar-refractivity contribution in [1.29, 1.82) is 0 Å². The van der Waals surface area contributed by atoms with Crippen molar-refractivity contribution >= 4 is 39.8 Å². The molecule has 2 aromatic heterocycles. The van der Waals surface area contributed by atoms with Gasteiger partial charge >= 0.3 is 0 Å². The van der Waals surface area contributed by atoms with Crippen LogP contribution < -0.4 is 11.1 Å². The summed E-state index contributed by atoms with van der Waals surface area (Å²) in [6.07, 6.45) is 1.44. The van der Waals surface area contributed by atoms with E-state index in [9.17, 15) is 4.79 Å². The maximum Gasteiger partial charge on any atom is 0.287 e. The molecule has 16 heavy (non-hydrogen) atoms. The summed E-state index contributed by atoms with van der Waals surface area (Å²) < 4.78 is 0. The van der Waals surface area contributed by atoms with Crippen LogP contribution in [0.1, 0.15) is 9.80 Å². The van der Waals surface area contributed by atoms with Crippen LogP contribution in [0.15, 0.2) is 18.3 Å². The number of rotatable bonds is 2. The van der Waals surface area contributed by atoms with Gasteiger partial charge in [-0.2, -0.15) is 0 Å². The third-order valence-electron chi connectivity index (χ3n) is 1.60. The van der Waals surface area contributed by atoms with Gasteiger partial charge in [0.2, 0.25) is 10.1 Å². The molecular weight excluding hydrogens is 250 g/mol. The molecule has 0 aliphatic rings. The van der Waals surface area contributed by atoms with Gasteiger partial charge in [-0.25, -0.2) is 4.98 Å². The van der Waals surface area contributed by atoms with E-state index in [1.54, 1.807) is 12.1 Å². The fraction of sp³-hybridized carbons (Fsp3) is 0. The topological polar surface area (TPSA) is 93.8 Å². The zero-order chi connectivity index (χ0) is 11.5. The van der Waals surface area contributed by atoms with Gasteiger partial charge in [-0.15, -0.1) is 10.2 Å². The lowest BCUT2D eigenvalue weighted by atomic mass is 10.4. The smallest absolute Gasteiger partial charge is 0.287 e. The van der Waals surface area contributed by atoms with Gasteiger partial charge in [0, 0.05) is 6.20 Å². The second-order valence-corrected chi connectivity index (χ2v) is 4.21. The van der Waals surface area contributed by atoms with E-state index in [4.69, 9.17) is 17.3 Å². The predicted octanol–water partition coefficient (Wildman–Crippen LogP) is 1.42. The number of aromatic nitrogens is 3. The molecule has 0 unspecified atom stereocenters. The standard InChI is InChI=1S/C8H6ClN5OS/c9-4-1-2-5(11-3-4)12-6(15)7-13-14-8(10)16-7/h1-3H,(H2,10,14)(H,11,12,15). The minimum absolute atomic E-state index is 0.189. The minimum atomic E-state index is -0.399. The van der Waals surface area contributed by atoms with E-state index in [-0.39, 0.29) is 10.1 Å². The molecule has 0 aliphatic heterocycles. The lowest BCUT2D eigenvalue weighted by Gasteiger charge is -2.00. The highest BCUT2D eigenvalue weighted by Gasteiger charge is 2.11. The third-order valence-corrected chi connectivity index (χ3v) is 2.58. The number of nitrogens with two attached hydrogens (primary N) is 1. The number of pyridine rings is 1. The Kier molecular flexibility index (Phi) is 2.97. The Labute approximate surface area is 99.5 Å². The third kappa shape index (κ3) is 2.44. The Hall–Kier alpha value is -1.73. The first-order valence-corrected chi connectivity index (χ1v) is 5.36. The fourth-order valence-corrected chi connectivity index (χ4v) is 1.56. The zero-order valence-corrected chi connectivity index (χ0v) is 9.42. The van der Waals surface area contributed by atoms with E-state index in [0.29, 0.717) is 10.8 Å². The molecule has 2 rings (SSSR count). The average molecular weight is 256 g/mol. The van der Waals surface area contributed by atoms with Crippen molar-refractivity contribution in [3.63, 3.8) is 0 Å². The Balaban J connectivity index is 2.10. The summed E-state index contributed by atoms with van der Waals surface area (Å²) in [7, 11) is 0. The summed E-state index contributed by atoms with van der Waals surface area (Å²) in [5.41, 5.74) is 5.36. The minimum Gasteiger partial charge on any atom is -0.374 e. The lowest BCUT2D eigenvalue weighted by Crippen LogP contribution is -2.12. The molecule has 82 valence electrons. The number of nitrogens with zero attached hydrogens (tertiary/aromatic N) is 3. The molecule has 0 aliphatic carbocycles. The van der Waals surface area contributed by atoms with Gasteiger partial charge in [-0.05, 0) is 12.1 Å². The largest absolute Gasteiger partial charge is 0.374 e. The molecule has 0 saturated heterocycles. The number of amides is 1. The van der Waals surface area contributed by atoms with Crippen LogP contribution in [-0.2, 0) is 0 Å². The van der Waals surface area contributed by atoms with E-state index >= 15 is 0 Å². The second kappa shape index (κ2) is 4.42. The molecule has 6 nitrogen and oxygen atoms in total. The molecule has 0 spiro atoms. The number of nitrogens with one attached hydrogen (secondary N) is 1. The van der Waals surface area contributed by atoms with Gasteiger partial charge in [0.05, 0.1) is 5.02 Å². The van der Waals surface area contributed by atoms with Crippen LogP contribution in [0.3, 0.4) is 0 Å². The quantitative estimate of drug-likeness (QED) is 0.846. The van der Waals surface area contributed by atoms with Gasteiger partial charge in [-0.1, -0.05) is 22.9 Å². The van der Waals surface area contributed by atoms with Crippen molar-refractivity contribution in [3.8, 4) is 0 Å². The highest BCUT2D eigenvalue weighted by Crippen LogP contribution is 2.14. The zero-order valence-electron chi connectivity index (χ0n) is 7.85. The number of hydrogen-bond acceptors (Lipinski definition) is 6. The number of halogens is 1. The maximum atomic E-state index is 11.6. The Morgan fingerprint density at radius 1 is 1.44 bits per heavy atom. The van der Waals surface area contributed by atoms with Crippen molar-refractivity contribution < 1.29 is 4.79 Å². The van der Waals surface area contributed by atoms with Gasteiger partial charge in [-0.3, -0.25) is 4.79 Å². The number of carbonyl (C=O) groups excluding carboxylic acids is 1. The number of nitrogen functional groups attached to an aromatic ring is 1. The van der Waals surface area contributed by atoms with Gasteiger partial charge in [0.15, 0.2) is 0 Å². The van der Waals surface area contributed by atoms with E-state index in [2.05, 4.69) is 20.5 Å². The normalized spacial score (nSPS) is 10.1. The van der Waals surface area contributed by atoms with Crippen molar-refractivity contribution in [2.24, 2.45) is 0 Å². The van der Waals surface area contributed by atoms with E-state index < -0.39 is 5.91 Å². The number of anilines is 2. The summed E-state index contributed by atoms with van der Waals surface area (Å²) in [6, 6.07) is 3.21. The van der Waals surface area contributed by atoms with Crippen LogP contribution in [0, 0.1) is 0 Å². The van der Waals surface area contributed by atoms with Crippen molar-refractivity contribution in [2.75, 3.05) is 11.1 Å². The van der Waals surface area contributed by atoms with E-state index in [0.717, 1.165) is 11.3 Å². The summed E-state index contributed by atoms with van der Waals surface area (Å²) in [6.45, 7) is 0. The van der Waals surface area contributed by atoms with Gasteiger partial charge in [0.1, 0.15) is 5.82 Å². The summed E-state index contributed by atoms with van der Waals surface area (Å²) in [4.78, 5) is 15.5. The monoisotopic (exact) mass is 255 g/mol. The SMILES string of the molecule is Nc1nnc(C(=O)Nc2ccc(Cl)cn2)s1. The number of carbonyl (C=O) groups is 1. The molecule has 2 aromatic rings. The molecule has 0 radical (unpaired) electrons. The molecule has 0 aromatic carbocycles. The highest BCUT2D eigenvalue weighted by molar-refractivity contribution is 7.16. The lowest BCUT2D eigenvalue weighted by molar-refractivity contribution is 0.102. The Morgan fingerprint density at radius 3 is 2.81 bits per heavy atom. The van der Waals surface area contributed by atoms with Crippen LogP contribution in [0.4, 0.5) is 10.9 Å². The van der Waals surface area contributed by atoms with E-state index in [1.807, 2.05) is 0 Å². The van der Waals surface area contributed by atoms with Crippen LogP contribution in [-0.4, -0.2) is 21.1 Å². The molecule has 2 heterocycles. The predicted molar refractivity (Wildman–Crippen MR) is 61.5 cm³/mol. The first kappa shape index (κ1) is 10.8. The van der Waals surface area contributed by atoms with Crippen molar-refractivity contribution in [3.05, 3.63) is 28.4 Å². The highest BCUT2D eigenvalue weighted by atomic mass is 35.5. The van der Waals surface area contributed by atoms with Crippen LogP contribution in [0.2, 0.25) is 5.02 Å². The van der Waals surface area contributed by atoms with Crippen LogP contribution in [0.25, 0.3) is 0 Å². The van der Waals surface area contributed by atoms with Crippen LogP contribution in [0.5, 0.6) is 0 Å². The summed E-state index contributed by atoms with van der Waals surface area (Å²) in [5.74, 6) is -0.00723. The Morgan fingerprint density at radius 2 is 2.25 bits per heavy atom. The molecule has 0 fully saturated rings. The fourth-order valence-electron chi connectivity index (χ4n) is 0.946. The molecule has 0 saturated carbocycles. The van der Waals surface area contributed by atoms with Gasteiger partial charge in [0.25, 0.3) is 5.91 Å². The van der Waals surface area contributed by atoms with Crippen molar-refractivity contribution in [2.45, 2.75) is 0 Å². The number of hydrogen-bond donors (Lipinski definition) is 2.